The summed E-state index contributed by atoms with van der Waals surface area (Å²) in [6.45, 7) is 0. The van der Waals surface area contributed by atoms with Gasteiger partial charge < -0.3 is 4.79 Å². The molecule has 0 bridgehead atoms. The molecule has 0 saturated heterocycles. The number of rotatable bonds is 1. The molecule has 0 aliphatic heterocycles. The van der Waals surface area contributed by atoms with E-state index in [-0.39, 0.29) is 22.7 Å². The Morgan fingerprint density at radius 2 is 2.00 bits per heavy atom. The van der Waals surface area contributed by atoms with Gasteiger partial charge in [-0.3, -0.25) is 6.29 Å². The molecule has 0 fully saturated rings. The molecule has 12 heavy (non-hydrogen) atoms. The van der Waals surface area contributed by atoms with Crippen LogP contribution in [0.3, 0.4) is 0 Å². The summed E-state index contributed by atoms with van der Waals surface area (Å²) >= 11 is 0. The molecule has 0 aromatic heterocycles. The van der Waals surface area contributed by atoms with E-state index in [0.717, 1.165) is 11.1 Å². The molecule has 2 rings (SSSR count). The van der Waals surface area contributed by atoms with Crippen molar-refractivity contribution in [3.63, 3.8) is 0 Å². The zero-order valence-electron chi connectivity index (χ0n) is 6.28. The van der Waals surface area contributed by atoms with Crippen molar-refractivity contribution in [2.45, 2.75) is 5.92 Å². The van der Waals surface area contributed by atoms with E-state index in [9.17, 15) is 4.79 Å². The third-order valence-electron chi connectivity index (χ3n) is 1.93. The van der Waals surface area contributed by atoms with Gasteiger partial charge in [0.1, 0.15) is 0 Å². The standard InChI is InChI=1S/C10H7O.Co/c11-7-9-6-5-8-3-1-2-4-10(8)9;/h1-6,9H;/q-1;. The maximum atomic E-state index is 10.4. The average molecular weight is 202 g/mol. The van der Waals surface area contributed by atoms with Crippen molar-refractivity contribution in [2.24, 2.45) is 0 Å². The van der Waals surface area contributed by atoms with Crippen LogP contribution in [0, 0.1) is 0 Å². The van der Waals surface area contributed by atoms with Gasteiger partial charge in [-0.25, -0.2) is 0 Å². The fraction of sp³-hybridized carbons (Fsp3) is 0.100. The van der Waals surface area contributed by atoms with Gasteiger partial charge >= 0.3 is 0 Å². The maximum absolute atomic E-state index is 10.4. The van der Waals surface area contributed by atoms with Gasteiger partial charge in [0.15, 0.2) is 0 Å². The van der Waals surface area contributed by atoms with Crippen LogP contribution in [0.5, 0.6) is 0 Å². The Labute approximate surface area is 81.7 Å². The van der Waals surface area contributed by atoms with Crippen LogP contribution in [0.4, 0.5) is 0 Å². The van der Waals surface area contributed by atoms with Crippen molar-refractivity contribution >= 4 is 12.4 Å². The molecular weight excluding hydrogens is 195 g/mol. The third kappa shape index (κ3) is 1.35. The molecule has 1 radical (unpaired) electrons. The van der Waals surface area contributed by atoms with Gasteiger partial charge in [-0.15, -0.1) is 6.08 Å². The Kier molecular flexibility index (Phi) is 2.84. The van der Waals surface area contributed by atoms with Gasteiger partial charge in [0.25, 0.3) is 0 Å². The van der Waals surface area contributed by atoms with Crippen LogP contribution in [0.2, 0.25) is 0 Å². The Morgan fingerprint density at radius 1 is 1.25 bits per heavy atom. The molecule has 1 unspecified atom stereocenters. The molecular formula is C10H7CoO-. The quantitative estimate of drug-likeness (QED) is 0.635. The first-order valence-electron chi connectivity index (χ1n) is 3.56. The monoisotopic (exact) mass is 202 g/mol. The normalized spacial score (nSPS) is 18.2. The predicted molar refractivity (Wildman–Crippen MR) is 43.9 cm³/mol. The molecule has 0 saturated carbocycles. The number of allylic oxidation sites excluding steroid dienone is 1. The van der Waals surface area contributed by atoms with Crippen LogP contribution in [0.15, 0.2) is 30.3 Å². The van der Waals surface area contributed by atoms with Gasteiger partial charge in [-0.1, -0.05) is 41.8 Å². The molecule has 1 nitrogen and oxygen atoms in total. The molecule has 0 amide bonds. The van der Waals surface area contributed by atoms with E-state index in [1.54, 1.807) is 0 Å². The van der Waals surface area contributed by atoms with Gasteiger partial charge in [0.2, 0.25) is 0 Å². The Morgan fingerprint density at radius 3 is 2.75 bits per heavy atom. The van der Waals surface area contributed by atoms with Crippen molar-refractivity contribution < 1.29 is 21.6 Å². The minimum absolute atomic E-state index is 0. The molecule has 0 heterocycles. The third-order valence-corrected chi connectivity index (χ3v) is 1.93. The molecule has 2 heteroatoms. The van der Waals surface area contributed by atoms with Crippen molar-refractivity contribution in [1.82, 2.24) is 0 Å². The Hall–Kier alpha value is -0.864. The Bertz CT molecular complexity index is 317. The van der Waals surface area contributed by atoms with E-state index >= 15 is 0 Å². The summed E-state index contributed by atoms with van der Waals surface area (Å²) in [5, 5.41) is 0. The molecule has 1 atom stereocenters. The zero-order chi connectivity index (χ0) is 7.68. The summed E-state index contributed by atoms with van der Waals surface area (Å²) in [5.41, 5.74) is 2.21. The summed E-state index contributed by atoms with van der Waals surface area (Å²) in [5.74, 6) is -0.133. The topological polar surface area (TPSA) is 17.1 Å². The first kappa shape index (κ1) is 9.23. The number of hydrogen-bond acceptors (Lipinski definition) is 1. The van der Waals surface area contributed by atoms with Gasteiger partial charge in [-0.05, 0) is 5.56 Å². The van der Waals surface area contributed by atoms with E-state index in [2.05, 4.69) is 0 Å². The van der Waals surface area contributed by atoms with Gasteiger partial charge in [-0.2, -0.15) is 0 Å². The van der Waals surface area contributed by atoms with Crippen molar-refractivity contribution in [2.75, 3.05) is 0 Å². The van der Waals surface area contributed by atoms with E-state index in [1.165, 1.54) is 0 Å². The summed E-state index contributed by atoms with van der Waals surface area (Å²) in [6, 6.07) is 7.88. The van der Waals surface area contributed by atoms with Crippen molar-refractivity contribution in [3.05, 3.63) is 41.5 Å². The summed E-state index contributed by atoms with van der Waals surface area (Å²) < 4.78 is 0. The second kappa shape index (κ2) is 3.69. The summed E-state index contributed by atoms with van der Waals surface area (Å²) in [7, 11) is 0. The second-order valence-electron chi connectivity index (χ2n) is 2.58. The van der Waals surface area contributed by atoms with E-state index in [0.29, 0.717) is 0 Å². The van der Waals surface area contributed by atoms with Gasteiger partial charge in [0.05, 0.1) is 0 Å². The molecule has 1 aliphatic carbocycles. The Balaban J connectivity index is 0.000000720. The average Bonchev–Trinajstić information content (AvgIpc) is 2.47. The largest absolute Gasteiger partial charge is 0.541 e. The molecule has 1 aliphatic rings. The van der Waals surface area contributed by atoms with Crippen LogP contribution in [-0.4, -0.2) is 6.29 Å². The first-order valence-corrected chi connectivity index (χ1v) is 3.56. The minimum atomic E-state index is -0.133. The van der Waals surface area contributed by atoms with Crippen molar-refractivity contribution in [1.29, 1.82) is 0 Å². The van der Waals surface area contributed by atoms with Crippen LogP contribution < -0.4 is 0 Å². The fourth-order valence-electron chi connectivity index (χ4n) is 1.35. The SMILES string of the molecule is O=[C-]C1C=Cc2ccccc21.[Co]. The van der Waals surface area contributed by atoms with Crippen LogP contribution in [-0.2, 0) is 21.6 Å². The fourth-order valence-corrected chi connectivity index (χ4v) is 1.35. The zero-order valence-corrected chi connectivity index (χ0v) is 7.32. The number of benzene rings is 1. The predicted octanol–water partition coefficient (Wildman–Crippen LogP) is 1.90. The maximum Gasteiger partial charge on any atom is 0 e. The van der Waals surface area contributed by atoms with Crippen LogP contribution >= 0.6 is 0 Å². The second-order valence-corrected chi connectivity index (χ2v) is 2.58. The molecule has 1 aromatic carbocycles. The molecule has 63 valence electrons. The summed E-state index contributed by atoms with van der Waals surface area (Å²) in [6.07, 6.45) is 5.82. The number of hydrogen-bond donors (Lipinski definition) is 0. The number of fused-ring (bicyclic) bond motifs is 1. The van der Waals surface area contributed by atoms with Crippen LogP contribution in [0.1, 0.15) is 17.0 Å². The molecule has 0 N–H and O–H groups in total. The van der Waals surface area contributed by atoms with E-state index in [1.807, 2.05) is 42.7 Å². The molecule has 0 spiro atoms. The smallest absolute Gasteiger partial charge is 0 e. The van der Waals surface area contributed by atoms with Crippen LogP contribution in [0.25, 0.3) is 6.08 Å². The first-order chi connectivity index (χ1) is 5.42. The van der Waals surface area contributed by atoms with Crippen molar-refractivity contribution in [3.8, 4) is 0 Å². The molecule has 1 aromatic rings. The van der Waals surface area contributed by atoms with E-state index in [4.69, 9.17) is 0 Å². The van der Waals surface area contributed by atoms with Gasteiger partial charge in [0, 0.05) is 16.8 Å². The number of carbonyl (C=O) groups excluding carboxylic acids is 1. The van der Waals surface area contributed by atoms with E-state index < -0.39 is 0 Å². The summed E-state index contributed by atoms with van der Waals surface area (Å²) in [4.78, 5) is 10.4. The minimum Gasteiger partial charge on any atom is -0.541 e.